The Kier molecular flexibility index (Phi) is 3.41. The molecule has 2 N–H and O–H groups in total. The summed E-state index contributed by atoms with van der Waals surface area (Å²) >= 11 is 1.46. The van der Waals surface area contributed by atoms with Gasteiger partial charge in [0.1, 0.15) is 11.4 Å². The highest BCUT2D eigenvalue weighted by Crippen LogP contribution is 2.16. The van der Waals surface area contributed by atoms with E-state index in [4.69, 9.17) is 0 Å². The number of carbonyl (C=O) groups is 1. The van der Waals surface area contributed by atoms with Crippen molar-refractivity contribution >= 4 is 28.4 Å². The van der Waals surface area contributed by atoms with Gasteiger partial charge in [-0.3, -0.25) is 9.20 Å². The fourth-order valence-electron chi connectivity index (χ4n) is 1.98. The van der Waals surface area contributed by atoms with Gasteiger partial charge >= 0.3 is 0 Å². The molecule has 0 saturated carbocycles. The van der Waals surface area contributed by atoms with Gasteiger partial charge in [-0.2, -0.15) is 5.10 Å². The summed E-state index contributed by atoms with van der Waals surface area (Å²) < 4.78 is 1.73. The number of aromatic hydroxyl groups is 1. The molecule has 6 nitrogen and oxygen atoms in total. The molecule has 0 fully saturated rings. The van der Waals surface area contributed by atoms with Crippen LogP contribution in [0.2, 0.25) is 0 Å². The minimum Gasteiger partial charge on any atom is -0.507 e. The number of amides is 1. The minimum absolute atomic E-state index is 0.108. The van der Waals surface area contributed by atoms with Gasteiger partial charge in [-0.15, -0.1) is 11.3 Å². The maximum Gasteiger partial charge on any atom is 0.290 e. The van der Waals surface area contributed by atoms with E-state index in [2.05, 4.69) is 15.5 Å². The minimum atomic E-state index is -0.343. The number of rotatable bonds is 3. The highest BCUT2D eigenvalue weighted by atomic mass is 32.1. The first kappa shape index (κ1) is 13.3. The molecule has 0 spiro atoms. The van der Waals surface area contributed by atoms with E-state index in [1.54, 1.807) is 41.8 Å². The lowest BCUT2D eigenvalue weighted by Crippen LogP contribution is -2.20. The van der Waals surface area contributed by atoms with Crippen LogP contribution in [0.25, 0.3) is 4.96 Å². The van der Waals surface area contributed by atoms with Crippen molar-refractivity contribution in [2.24, 2.45) is 5.10 Å². The molecule has 2 heterocycles. The molecule has 21 heavy (non-hydrogen) atoms. The van der Waals surface area contributed by atoms with E-state index in [0.29, 0.717) is 17.0 Å². The second-order valence-corrected chi connectivity index (χ2v) is 5.23. The van der Waals surface area contributed by atoms with Gasteiger partial charge in [-0.25, -0.2) is 10.4 Å². The Balaban J connectivity index is 1.79. The first-order valence-corrected chi connectivity index (χ1v) is 7.08. The Bertz CT molecular complexity index is 834. The number of hydrazone groups is 1. The molecule has 0 unspecified atom stereocenters. The lowest BCUT2D eigenvalue weighted by Gasteiger charge is -2.00. The van der Waals surface area contributed by atoms with E-state index in [0.717, 1.165) is 4.96 Å². The number of nitrogens with one attached hydrogen (secondary N) is 1. The summed E-state index contributed by atoms with van der Waals surface area (Å²) in [6.07, 6.45) is 3.19. The average molecular weight is 300 g/mol. The highest BCUT2D eigenvalue weighted by Gasteiger charge is 2.16. The van der Waals surface area contributed by atoms with Gasteiger partial charge in [-0.05, 0) is 19.1 Å². The smallest absolute Gasteiger partial charge is 0.290 e. The van der Waals surface area contributed by atoms with Crippen LogP contribution in [0, 0.1) is 6.92 Å². The molecule has 3 aromatic rings. The molecular formula is C14H12N4O2S. The van der Waals surface area contributed by atoms with Crippen LogP contribution in [0.5, 0.6) is 5.75 Å². The van der Waals surface area contributed by atoms with Crippen LogP contribution in [-0.2, 0) is 0 Å². The Hall–Kier alpha value is -2.67. The summed E-state index contributed by atoms with van der Waals surface area (Å²) in [7, 11) is 0. The van der Waals surface area contributed by atoms with E-state index in [-0.39, 0.29) is 11.7 Å². The number of nitrogens with zero attached hydrogens (tertiary/aromatic N) is 3. The summed E-state index contributed by atoms with van der Waals surface area (Å²) in [5.41, 5.74) is 4.09. The molecule has 0 bridgehead atoms. The fourth-order valence-corrected chi connectivity index (χ4v) is 2.74. The predicted octanol–water partition coefficient (Wildman–Crippen LogP) is 2.17. The molecule has 0 aliphatic heterocycles. The Morgan fingerprint density at radius 1 is 1.48 bits per heavy atom. The summed E-state index contributed by atoms with van der Waals surface area (Å²) in [4.78, 5) is 17.2. The van der Waals surface area contributed by atoms with Crippen molar-refractivity contribution < 1.29 is 9.90 Å². The molecule has 0 saturated heterocycles. The van der Waals surface area contributed by atoms with Crippen LogP contribution in [-0.4, -0.2) is 26.6 Å². The van der Waals surface area contributed by atoms with Gasteiger partial charge < -0.3 is 5.11 Å². The van der Waals surface area contributed by atoms with Crippen molar-refractivity contribution in [3.63, 3.8) is 0 Å². The van der Waals surface area contributed by atoms with E-state index < -0.39 is 0 Å². The maximum atomic E-state index is 12.2. The monoisotopic (exact) mass is 300 g/mol. The molecule has 1 aromatic carbocycles. The van der Waals surface area contributed by atoms with Gasteiger partial charge in [0.05, 0.1) is 11.9 Å². The molecule has 3 rings (SSSR count). The van der Waals surface area contributed by atoms with Crippen molar-refractivity contribution in [1.82, 2.24) is 14.8 Å². The Morgan fingerprint density at radius 3 is 3.10 bits per heavy atom. The van der Waals surface area contributed by atoms with Gasteiger partial charge in [0, 0.05) is 17.1 Å². The normalized spacial score (nSPS) is 11.3. The number of aromatic nitrogens is 2. The number of phenols is 1. The Morgan fingerprint density at radius 2 is 2.29 bits per heavy atom. The molecule has 0 atom stereocenters. The molecule has 1 amide bonds. The zero-order valence-electron chi connectivity index (χ0n) is 11.1. The number of carbonyl (C=O) groups excluding carboxylic acids is 1. The number of para-hydroxylation sites is 1. The second-order valence-electron chi connectivity index (χ2n) is 4.36. The Labute approximate surface area is 124 Å². The first-order valence-electron chi connectivity index (χ1n) is 6.20. The summed E-state index contributed by atoms with van der Waals surface area (Å²) in [5, 5.41) is 15.3. The quantitative estimate of drug-likeness (QED) is 0.575. The number of imidazole rings is 1. The zero-order chi connectivity index (χ0) is 14.8. The topological polar surface area (TPSA) is 79.0 Å². The SMILES string of the molecule is Cc1nc2sccn2c1C(=O)N/N=C/c1ccccc1O. The predicted molar refractivity (Wildman–Crippen MR) is 81.0 cm³/mol. The molecule has 106 valence electrons. The van der Waals surface area contributed by atoms with Crippen LogP contribution in [0.1, 0.15) is 21.7 Å². The maximum absolute atomic E-state index is 12.2. The number of aryl methyl sites for hydroxylation is 1. The summed E-state index contributed by atoms with van der Waals surface area (Å²) in [6, 6.07) is 6.75. The largest absolute Gasteiger partial charge is 0.507 e. The van der Waals surface area contributed by atoms with Crippen LogP contribution < -0.4 is 5.43 Å². The third-order valence-corrected chi connectivity index (χ3v) is 3.71. The van der Waals surface area contributed by atoms with Crippen molar-refractivity contribution in [2.45, 2.75) is 6.92 Å². The molecule has 0 aliphatic rings. The van der Waals surface area contributed by atoms with Crippen molar-refractivity contribution in [3.8, 4) is 5.75 Å². The van der Waals surface area contributed by atoms with Crippen molar-refractivity contribution in [2.75, 3.05) is 0 Å². The van der Waals surface area contributed by atoms with E-state index in [1.807, 2.05) is 5.38 Å². The number of hydrogen-bond acceptors (Lipinski definition) is 5. The average Bonchev–Trinajstić information content (AvgIpc) is 3.00. The molecule has 2 aromatic heterocycles. The van der Waals surface area contributed by atoms with Crippen molar-refractivity contribution in [3.05, 3.63) is 52.8 Å². The van der Waals surface area contributed by atoms with E-state index in [9.17, 15) is 9.90 Å². The molecule has 0 radical (unpaired) electrons. The van der Waals surface area contributed by atoms with Crippen LogP contribution in [0.3, 0.4) is 0 Å². The second kappa shape index (κ2) is 5.37. The lowest BCUT2D eigenvalue weighted by atomic mass is 10.2. The van der Waals surface area contributed by atoms with E-state index >= 15 is 0 Å². The third kappa shape index (κ3) is 2.50. The lowest BCUT2D eigenvalue weighted by molar-refractivity contribution is 0.0948. The number of fused-ring (bicyclic) bond motifs is 1. The number of thiazole rings is 1. The summed E-state index contributed by atoms with van der Waals surface area (Å²) in [6.45, 7) is 1.78. The summed E-state index contributed by atoms with van der Waals surface area (Å²) in [5.74, 6) is -0.235. The number of benzene rings is 1. The first-order chi connectivity index (χ1) is 10.2. The number of hydrogen-bond donors (Lipinski definition) is 2. The highest BCUT2D eigenvalue weighted by molar-refractivity contribution is 7.15. The van der Waals surface area contributed by atoms with Gasteiger partial charge in [0.25, 0.3) is 5.91 Å². The zero-order valence-corrected chi connectivity index (χ0v) is 12.0. The van der Waals surface area contributed by atoms with Gasteiger partial charge in [-0.1, -0.05) is 12.1 Å². The van der Waals surface area contributed by atoms with Gasteiger partial charge in [0.2, 0.25) is 0 Å². The van der Waals surface area contributed by atoms with Crippen LogP contribution in [0.4, 0.5) is 0 Å². The fraction of sp³-hybridized carbons (Fsp3) is 0.0714. The standard InChI is InChI=1S/C14H12N4O2S/c1-9-12(18-6-7-21-14(18)16-9)13(20)17-15-8-10-4-2-3-5-11(10)19/h2-8,19H,1H3,(H,17,20)/b15-8+. The molecular weight excluding hydrogens is 288 g/mol. The van der Waals surface area contributed by atoms with E-state index in [1.165, 1.54) is 17.6 Å². The van der Waals surface area contributed by atoms with Gasteiger partial charge in [0.15, 0.2) is 4.96 Å². The van der Waals surface area contributed by atoms with Crippen LogP contribution >= 0.6 is 11.3 Å². The molecule has 0 aliphatic carbocycles. The van der Waals surface area contributed by atoms with Crippen molar-refractivity contribution in [1.29, 1.82) is 0 Å². The number of phenolic OH excluding ortho intramolecular Hbond substituents is 1. The molecule has 7 heteroatoms. The third-order valence-electron chi connectivity index (χ3n) is 2.96. The van der Waals surface area contributed by atoms with Crippen LogP contribution in [0.15, 0.2) is 40.9 Å².